The molecule has 9 nitrogen and oxygen atoms in total. The molecule has 0 aliphatic carbocycles. The number of alkyl halides is 1. The quantitative estimate of drug-likeness (QED) is 0.465. The Morgan fingerprint density at radius 3 is 1.79 bits per heavy atom. The molecule has 154 valence electrons. The third kappa shape index (κ3) is 5.52. The van der Waals surface area contributed by atoms with Gasteiger partial charge < -0.3 is 19.5 Å². The van der Waals surface area contributed by atoms with Crippen LogP contribution in [0.1, 0.15) is 20.7 Å². The summed E-state index contributed by atoms with van der Waals surface area (Å²) in [6.45, 7) is 0. The zero-order valence-electron chi connectivity index (χ0n) is 16.0. The smallest absolute Gasteiger partial charge is 0.269 e. The molecule has 0 atom stereocenters. The number of halogens is 1. The van der Waals surface area contributed by atoms with Crippen molar-refractivity contribution < 1.29 is 28.6 Å². The maximum Gasteiger partial charge on any atom is 0.269 e. The second-order valence-corrected chi connectivity index (χ2v) is 5.85. The highest BCUT2D eigenvalue weighted by Gasteiger charge is 2.17. The van der Waals surface area contributed by atoms with Crippen LogP contribution in [-0.2, 0) is 4.79 Å². The minimum Gasteiger partial charge on any atom is -0.493 e. The summed E-state index contributed by atoms with van der Waals surface area (Å²) in [5.74, 6) is -0.700. The van der Waals surface area contributed by atoms with E-state index in [9.17, 15) is 14.4 Å². The van der Waals surface area contributed by atoms with Gasteiger partial charge in [-0.1, -0.05) is 0 Å². The van der Waals surface area contributed by atoms with Gasteiger partial charge >= 0.3 is 0 Å². The van der Waals surface area contributed by atoms with Gasteiger partial charge in [-0.05, 0) is 36.4 Å². The number of anilines is 1. The van der Waals surface area contributed by atoms with Gasteiger partial charge in [0.15, 0.2) is 11.5 Å². The summed E-state index contributed by atoms with van der Waals surface area (Å²) in [6.07, 6.45) is 0. The lowest BCUT2D eigenvalue weighted by atomic mass is 10.1. The SMILES string of the molecule is COc1cc(C(=O)NNC(=O)c2ccc(NC(=O)CCl)cc2)cc(OC)c1OC. The average Bonchev–Trinajstić information content (AvgIpc) is 2.76. The number of carbonyl (C=O) groups excluding carboxylic acids is 3. The van der Waals surface area contributed by atoms with Crippen LogP contribution in [0.4, 0.5) is 5.69 Å². The van der Waals surface area contributed by atoms with Gasteiger partial charge in [0.2, 0.25) is 11.7 Å². The number of amides is 3. The van der Waals surface area contributed by atoms with E-state index in [1.54, 1.807) is 12.1 Å². The lowest BCUT2D eigenvalue weighted by Crippen LogP contribution is -2.41. The Hall–Kier alpha value is -3.46. The Morgan fingerprint density at radius 2 is 1.34 bits per heavy atom. The lowest BCUT2D eigenvalue weighted by molar-refractivity contribution is -0.113. The summed E-state index contributed by atoms with van der Waals surface area (Å²) in [5, 5.41) is 2.55. The van der Waals surface area contributed by atoms with E-state index in [2.05, 4.69) is 16.2 Å². The van der Waals surface area contributed by atoms with E-state index < -0.39 is 11.8 Å². The molecule has 2 aromatic carbocycles. The molecule has 2 rings (SSSR count). The summed E-state index contributed by atoms with van der Waals surface area (Å²) < 4.78 is 15.6. The molecule has 0 saturated carbocycles. The van der Waals surface area contributed by atoms with Gasteiger partial charge in [0.1, 0.15) is 5.88 Å². The standard InChI is InChI=1S/C19H20ClN3O6/c1-27-14-8-12(9-15(28-2)17(14)29-3)19(26)23-22-18(25)11-4-6-13(7-5-11)21-16(24)10-20/h4-9H,10H2,1-3H3,(H,21,24)(H,22,25)(H,23,26). The van der Waals surface area contributed by atoms with Crippen LogP contribution < -0.4 is 30.4 Å². The van der Waals surface area contributed by atoms with Crippen LogP contribution >= 0.6 is 11.6 Å². The van der Waals surface area contributed by atoms with Crippen molar-refractivity contribution in [2.45, 2.75) is 0 Å². The number of rotatable bonds is 7. The summed E-state index contributed by atoms with van der Waals surface area (Å²) in [5.41, 5.74) is 5.59. The third-order valence-electron chi connectivity index (χ3n) is 3.77. The van der Waals surface area contributed by atoms with E-state index in [1.807, 2.05) is 0 Å². The van der Waals surface area contributed by atoms with Crippen LogP contribution in [0.15, 0.2) is 36.4 Å². The Balaban J connectivity index is 2.05. The first-order valence-electron chi connectivity index (χ1n) is 8.30. The summed E-state index contributed by atoms with van der Waals surface area (Å²) in [4.78, 5) is 35.8. The Bertz CT molecular complexity index is 876. The number of hydrogen-bond acceptors (Lipinski definition) is 6. The second kappa shape index (κ2) is 10.2. The third-order valence-corrected chi connectivity index (χ3v) is 4.01. The minimum atomic E-state index is -0.580. The lowest BCUT2D eigenvalue weighted by Gasteiger charge is -2.14. The van der Waals surface area contributed by atoms with Crippen LogP contribution in [-0.4, -0.2) is 44.9 Å². The van der Waals surface area contributed by atoms with E-state index >= 15 is 0 Å². The molecule has 3 N–H and O–H groups in total. The van der Waals surface area contributed by atoms with Crippen LogP contribution in [0.2, 0.25) is 0 Å². The largest absolute Gasteiger partial charge is 0.493 e. The van der Waals surface area contributed by atoms with Gasteiger partial charge in [-0.25, -0.2) is 0 Å². The second-order valence-electron chi connectivity index (χ2n) is 5.58. The molecule has 0 spiro atoms. The molecule has 0 bridgehead atoms. The zero-order valence-corrected chi connectivity index (χ0v) is 16.8. The molecule has 0 unspecified atom stereocenters. The van der Waals surface area contributed by atoms with Gasteiger partial charge in [0.25, 0.3) is 11.8 Å². The molecule has 0 aliphatic heterocycles. The van der Waals surface area contributed by atoms with Crippen LogP contribution in [0.3, 0.4) is 0 Å². The molecule has 10 heteroatoms. The fraction of sp³-hybridized carbons (Fsp3) is 0.211. The van der Waals surface area contributed by atoms with E-state index in [-0.39, 0.29) is 22.9 Å². The predicted octanol–water partition coefficient (Wildman–Crippen LogP) is 1.96. The van der Waals surface area contributed by atoms with Gasteiger partial charge in [-0.2, -0.15) is 0 Å². The van der Waals surface area contributed by atoms with Crippen molar-refractivity contribution in [1.29, 1.82) is 0 Å². The number of carbonyl (C=O) groups is 3. The summed E-state index contributed by atoms with van der Waals surface area (Å²) >= 11 is 5.42. The number of nitrogens with one attached hydrogen (secondary N) is 3. The van der Waals surface area contributed by atoms with Crippen molar-refractivity contribution in [3.63, 3.8) is 0 Å². The number of benzene rings is 2. The highest BCUT2D eigenvalue weighted by molar-refractivity contribution is 6.29. The van der Waals surface area contributed by atoms with Crippen molar-refractivity contribution in [3.05, 3.63) is 47.5 Å². The first kappa shape index (κ1) is 21.8. The molecule has 0 radical (unpaired) electrons. The van der Waals surface area contributed by atoms with Crippen molar-refractivity contribution in [2.75, 3.05) is 32.5 Å². The molecular formula is C19H20ClN3O6. The van der Waals surface area contributed by atoms with Crippen molar-refractivity contribution in [2.24, 2.45) is 0 Å². The van der Waals surface area contributed by atoms with E-state index in [4.69, 9.17) is 25.8 Å². The fourth-order valence-corrected chi connectivity index (χ4v) is 2.44. The van der Waals surface area contributed by atoms with Gasteiger partial charge in [-0.3, -0.25) is 25.2 Å². The van der Waals surface area contributed by atoms with Crippen molar-refractivity contribution in [1.82, 2.24) is 10.9 Å². The van der Waals surface area contributed by atoms with Gasteiger partial charge in [0.05, 0.1) is 21.3 Å². The van der Waals surface area contributed by atoms with Crippen molar-refractivity contribution in [3.8, 4) is 17.2 Å². The minimum absolute atomic E-state index is 0.171. The maximum atomic E-state index is 12.4. The number of ether oxygens (including phenoxy) is 3. The Morgan fingerprint density at radius 1 is 0.828 bits per heavy atom. The fourth-order valence-electron chi connectivity index (χ4n) is 2.37. The van der Waals surface area contributed by atoms with Gasteiger partial charge in [0, 0.05) is 16.8 Å². The average molecular weight is 422 g/mol. The molecule has 0 aromatic heterocycles. The monoisotopic (exact) mass is 421 g/mol. The van der Waals surface area contributed by atoms with E-state index in [0.29, 0.717) is 22.9 Å². The molecule has 0 saturated heterocycles. The van der Waals surface area contributed by atoms with Crippen molar-refractivity contribution >= 4 is 35.0 Å². The molecule has 29 heavy (non-hydrogen) atoms. The Kier molecular flexibility index (Phi) is 7.67. The van der Waals surface area contributed by atoms with E-state index in [0.717, 1.165) is 0 Å². The first-order valence-corrected chi connectivity index (χ1v) is 8.83. The van der Waals surface area contributed by atoms with Crippen LogP contribution in [0.5, 0.6) is 17.2 Å². The molecular weight excluding hydrogens is 402 g/mol. The number of hydrogen-bond donors (Lipinski definition) is 3. The van der Waals surface area contributed by atoms with E-state index in [1.165, 1.54) is 45.6 Å². The van der Waals surface area contributed by atoms with Crippen LogP contribution in [0.25, 0.3) is 0 Å². The zero-order chi connectivity index (χ0) is 21.4. The normalized spacial score (nSPS) is 9.93. The molecule has 0 heterocycles. The molecule has 2 aromatic rings. The van der Waals surface area contributed by atoms with Gasteiger partial charge in [-0.15, -0.1) is 11.6 Å². The van der Waals surface area contributed by atoms with Crippen LogP contribution in [0, 0.1) is 0 Å². The predicted molar refractivity (Wildman–Crippen MR) is 107 cm³/mol. The molecule has 0 aliphatic rings. The summed E-state index contributed by atoms with van der Waals surface area (Å²) in [7, 11) is 4.31. The summed E-state index contributed by atoms with van der Waals surface area (Å²) in [6, 6.07) is 8.98. The maximum absolute atomic E-state index is 12.4. The topological polar surface area (TPSA) is 115 Å². The first-order chi connectivity index (χ1) is 13.9. The highest BCUT2D eigenvalue weighted by Crippen LogP contribution is 2.38. The highest BCUT2D eigenvalue weighted by atomic mass is 35.5. The number of methoxy groups -OCH3 is 3. The molecule has 0 fully saturated rings. The Labute approximate surface area is 172 Å². The molecule has 3 amide bonds. The number of hydrazine groups is 1.